The Hall–Kier alpha value is -1.96. The molecule has 1 saturated carbocycles. The van der Waals surface area contributed by atoms with E-state index in [9.17, 15) is 0 Å². The highest BCUT2D eigenvalue weighted by Gasteiger charge is 2.22. The van der Waals surface area contributed by atoms with Crippen LogP contribution >= 0.6 is 0 Å². The smallest absolute Gasteiger partial charge is 0.119 e. The fourth-order valence-electron chi connectivity index (χ4n) is 3.24. The molecule has 0 unspecified atom stereocenters. The summed E-state index contributed by atoms with van der Waals surface area (Å²) in [5.41, 5.74) is 2.54. The molecule has 1 aliphatic rings. The molecule has 0 bridgehead atoms. The van der Waals surface area contributed by atoms with Gasteiger partial charge in [0.1, 0.15) is 5.75 Å². The van der Waals surface area contributed by atoms with Gasteiger partial charge < -0.3 is 9.64 Å². The molecule has 0 spiro atoms. The molecule has 0 N–H and O–H groups in total. The second kappa shape index (κ2) is 6.66. The van der Waals surface area contributed by atoms with Gasteiger partial charge in [0, 0.05) is 17.4 Å². The standard InChI is InChI=1S/C19H23NO/c1-21-19-14-12-18(13-15-19)20(16-8-4-2-5-9-16)17-10-6-3-7-11-17/h2,4-5,8-9,12-15,17H,3,6-7,10-11H2,1H3. The Balaban J connectivity index is 1.94. The lowest BCUT2D eigenvalue weighted by molar-refractivity contribution is 0.414. The number of para-hydroxylation sites is 1. The minimum atomic E-state index is 0.606. The van der Waals surface area contributed by atoms with Gasteiger partial charge in [0.25, 0.3) is 0 Å². The maximum atomic E-state index is 5.28. The zero-order valence-electron chi connectivity index (χ0n) is 12.7. The first-order chi connectivity index (χ1) is 10.4. The Labute approximate surface area is 127 Å². The van der Waals surface area contributed by atoms with Crippen LogP contribution in [0.3, 0.4) is 0 Å². The van der Waals surface area contributed by atoms with E-state index in [4.69, 9.17) is 4.74 Å². The average Bonchev–Trinajstić information content (AvgIpc) is 2.58. The Morgan fingerprint density at radius 3 is 2.05 bits per heavy atom. The van der Waals surface area contributed by atoms with Crippen molar-refractivity contribution in [3.63, 3.8) is 0 Å². The third-order valence-electron chi connectivity index (χ3n) is 4.32. The first-order valence-corrected chi connectivity index (χ1v) is 7.87. The Bertz CT molecular complexity index is 544. The van der Waals surface area contributed by atoms with Gasteiger partial charge in [-0.25, -0.2) is 0 Å². The van der Waals surface area contributed by atoms with E-state index >= 15 is 0 Å². The molecule has 2 nitrogen and oxygen atoms in total. The van der Waals surface area contributed by atoms with Gasteiger partial charge in [-0.2, -0.15) is 0 Å². The van der Waals surface area contributed by atoms with Gasteiger partial charge in [0.05, 0.1) is 7.11 Å². The number of hydrogen-bond acceptors (Lipinski definition) is 2. The van der Waals surface area contributed by atoms with Crippen LogP contribution in [-0.4, -0.2) is 13.2 Å². The summed E-state index contributed by atoms with van der Waals surface area (Å²) in [6, 6.07) is 19.8. The summed E-state index contributed by atoms with van der Waals surface area (Å²) in [6.45, 7) is 0. The lowest BCUT2D eigenvalue weighted by Crippen LogP contribution is -2.32. The van der Waals surface area contributed by atoms with Crippen molar-refractivity contribution in [2.45, 2.75) is 38.1 Å². The normalized spacial score (nSPS) is 15.7. The van der Waals surface area contributed by atoms with Gasteiger partial charge >= 0.3 is 0 Å². The number of ether oxygens (including phenoxy) is 1. The second-order valence-electron chi connectivity index (χ2n) is 5.70. The highest BCUT2D eigenvalue weighted by molar-refractivity contribution is 5.64. The average molecular weight is 281 g/mol. The van der Waals surface area contributed by atoms with Crippen LogP contribution in [0.2, 0.25) is 0 Å². The second-order valence-corrected chi connectivity index (χ2v) is 5.70. The van der Waals surface area contributed by atoms with Gasteiger partial charge in [-0.15, -0.1) is 0 Å². The van der Waals surface area contributed by atoms with Crippen LogP contribution in [0.25, 0.3) is 0 Å². The van der Waals surface area contributed by atoms with E-state index in [0.29, 0.717) is 6.04 Å². The number of anilines is 2. The van der Waals surface area contributed by atoms with E-state index < -0.39 is 0 Å². The monoisotopic (exact) mass is 281 g/mol. The molecule has 0 heterocycles. The predicted octanol–water partition coefficient (Wildman–Crippen LogP) is 5.17. The first-order valence-electron chi connectivity index (χ1n) is 7.87. The number of rotatable bonds is 4. The van der Waals surface area contributed by atoms with Crippen LogP contribution in [0.15, 0.2) is 54.6 Å². The molecule has 0 atom stereocenters. The van der Waals surface area contributed by atoms with E-state index in [-0.39, 0.29) is 0 Å². The Kier molecular flexibility index (Phi) is 4.44. The molecule has 21 heavy (non-hydrogen) atoms. The summed E-state index contributed by atoms with van der Waals surface area (Å²) in [5, 5.41) is 0. The van der Waals surface area contributed by atoms with Crippen molar-refractivity contribution in [2.24, 2.45) is 0 Å². The molecule has 0 saturated heterocycles. The van der Waals surface area contributed by atoms with E-state index in [2.05, 4.69) is 47.4 Å². The largest absolute Gasteiger partial charge is 0.497 e. The van der Waals surface area contributed by atoms with Crippen molar-refractivity contribution < 1.29 is 4.74 Å². The van der Waals surface area contributed by atoms with Crippen molar-refractivity contribution in [1.29, 1.82) is 0 Å². The van der Waals surface area contributed by atoms with Gasteiger partial charge in [0.2, 0.25) is 0 Å². The van der Waals surface area contributed by atoms with Gasteiger partial charge in [0.15, 0.2) is 0 Å². The van der Waals surface area contributed by atoms with Gasteiger partial charge in [-0.3, -0.25) is 0 Å². The van der Waals surface area contributed by atoms with E-state index in [1.807, 2.05) is 12.1 Å². The minimum Gasteiger partial charge on any atom is -0.497 e. The maximum absolute atomic E-state index is 5.28. The van der Waals surface area contributed by atoms with Crippen molar-refractivity contribution in [3.8, 4) is 5.75 Å². The first kappa shape index (κ1) is 14.0. The summed E-state index contributed by atoms with van der Waals surface area (Å²) in [4.78, 5) is 2.50. The summed E-state index contributed by atoms with van der Waals surface area (Å²) in [7, 11) is 1.71. The zero-order valence-corrected chi connectivity index (χ0v) is 12.7. The van der Waals surface area contributed by atoms with Crippen LogP contribution in [0.1, 0.15) is 32.1 Å². The maximum Gasteiger partial charge on any atom is 0.119 e. The molecular weight excluding hydrogens is 258 g/mol. The van der Waals surface area contributed by atoms with Crippen molar-refractivity contribution in [1.82, 2.24) is 0 Å². The summed E-state index contributed by atoms with van der Waals surface area (Å²) in [6.07, 6.45) is 6.61. The molecule has 1 aliphatic carbocycles. The summed E-state index contributed by atoms with van der Waals surface area (Å²) >= 11 is 0. The molecule has 0 radical (unpaired) electrons. The lowest BCUT2D eigenvalue weighted by Gasteiger charge is -2.36. The van der Waals surface area contributed by atoms with E-state index in [1.165, 1.54) is 43.5 Å². The highest BCUT2D eigenvalue weighted by Crippen LogP contribution is 2.34. The third-order valence-corrected chi connectivity index (χ3v) is 4.32. The van der Waals surface area contributed by atoms with Gasteiger partial charge in [-0.05, 0) is 49.2 Å². The molecule has 2 aromatic carbocycles. The highest BCUT2D eigenvalue weighted by atomic mass is 16.5. The molecular formula is C19H23NO. The van der Waals surface area contributed by atoms with Crippen LogP contribution < -0.4 is 9.64 Å². The number of benzene rings is 2. The quantitative estimate of drug-likeness (QED) is 0.767. The van der Waals surface area contributed by atoms with E-state index in [1.54, 1.807) is 7.11 Å². The zero-order chi connectivity index (χ0) is 14.5. The number of nitrogens with zero attached hydrogens (tertiary/aromatic N) is 1. The van der Waals surface area contributed by atoms with Crippen LogP contribution in [-0.2, 0) is 0 Å². The fourth-order valence-corrected chi connectivity index (χ4v) is 3.24. The minimum absolute atomic E-state index is 0.606. The molecule has 2 aromatic rings. The van der Waals surface area contributed by atoms with Gasteiger partial charge in [-0.1, -0.05) is 37.5 Å². The van der Waals surface area contributed by atoms with Crippen LogP contribution in [0, 0.1) is 0 Å². The molecule has 3 rings (SSSR count). The number of methoxy groups -OCH3 is 1. The molecule has 110 valence electrons. The van der Waals surface area contributed by atoms with Crippen molar-refractivity contribution >= 4 is 11.4 Å². The third kappa shape index (κ3) is 3.21. The SMILES string of the molecule is COc1ccc(N(c2ccccc2)C2CCCCC2)cc1. The molecule has 0 amide bonds. The topological polar surface area (TPSA) is 12.5 Å². The summed E-state index contributed by atoms with van der Waals surface area (Å²) < 4.78 is 5.28. The molecule has 2 heteroatoms. The van der Waals surface area contributed by atoms with Crippen molar-refractivity contribution in [3.05, 3.63) is 54.6 Å². The van der Waals surface area contributed by atoms with Crippen molar-refractivity contribution in [2.75, 3.05) is 12.0 Å². The predicted molar refractivity (Wildman–Crippen MR) is 88.4 cm³/mol. The fraction of sp³-hybridized carbons (Fsp3) is 0.368. The van der Waals surface area contributed by atoms with Crippen LogP contribution in [0.4, 0.5) is 11.4 Å². The Morgan fingerprint density at radius 2 is 1.43 bits per heavy atom. The van der Waals surface area contributed by atoms with Crippen LogP contribution in [0.5, 0.6) is 5.75 Å². The molecule has 1 fully saturated rings. The Morgan fingerprint density at radius 1 is 0.810 bits per heavy atom. The van der Waals surface area contributed by atoms with E-state index in [0.717, 1.165) is 5.75 Å². The number of hydrogen-bond donors (Lipinski definition) is 0. The molecule has 0 aliphatic heterocycles. The summed E-state index contributed by atoms with van der Waals surface area (Å²) in [5.74, 6) is 0.912. The lowest BCUT2D eigenvalue weighted by atomic mass is 9.93. The molecule has 0 aromatic heterocycles.